The van der Waals surface area contributed by atoms with Crippen LogP contribution in [-0.2, 0) is 12.7 Å². The standard InChI is InChI=1S/C26H25F3N6/c27-26(28,29)20-8-4-7-19(15-20)22-23(35-24(34-22)18-9-12-30-13-10-18)21-11-14-31-25(33-21)32-16-17-5-2-1-3-6-17/h1-8,11,14-15,18,30H,9-10,12-13,16H2,(H,34,35)(H,31,32,33). The van der Waals surface area contributed by atoms with Crippen LogP contribution in [0.25, 0.3) is 22.6 Å². The molecule has 1 aliphatic rings. The number of nitrogens with one attached hydrogen (secondary N) is 3. The maximum atomic E-state index is 13.4. The second kappa shape index (κ2) is 9.87. The lowest BCUT2D eigenvalue weighted by Gasteiger charge is -2.20. The molecule has 0 spiro atoms. The highest BCUT2D eigenvalue weighted by molar-refractivity contribution is 5.77. The molecule has 0 atom stereocenters. The number of H-pyrrole nitrogens is 1. The average Bonchev–Trinajstić information content (AvgIpc) is 3.34. The van der Waals surface area contributed by atoms with Crippen LogP contribution < -0.4 is 10.6 Å². The quantitative estimate of drug-likeness (QED) is 0.335. The van der Waals surface area contributed by atoms with E-state index >= 15 is 0 Å². The zero-order valence-electron chi connectivity index (χ0n) is 18.9. The number of alkyl halides is 3. The van der Waals surface area contributed by atoms with Crippen LogP contribution in [0.15, 0.2) is 66.9 Å². The van der Waals surface area contributed by atoms with E-state index in [1.54, 1.807) is 18.3 Å². The lowest BCUT2D eigenvalue weighted by molar-refractivity contribution is -0.137. The third-order valence-electron chi connectivity index (χ3n) is 6.12. The van der Waals surface area contributed by atoms with Crippen molar-refractivity contribution >= 4 is 5.95 Å². The number of aromatic amines is 1. The van der Waals surface area contributed by atoms with Gasteiger partial charge in [0.2, 0.25) is 5.95 Å². The Balaban J connectivity index is 1.52. The number of benzene rings is 2. The zero-order valence-corrected chi connectivity index (χ0v) is 18.9. The number of rotatable bonds is 6. The third-order valence-corrected chi connectivity index (χ3v) is 6.12. The van der Waals surface area contributed by atoms with Gasteiger partial charge in [-0.3, -0.25) is 0 Å². The fraction of sp³-hybridized carbons (Fsp3) is 0.269. The number of piperidine rings is 1. The second-order valence-corrected chi connectivity index (χ2v) is 8.55. The topological polar surface area (TPSA) is 78.5 Å². The van der Waals surface area contributed by atoms with Crippen molar-refractivity contribution in [2.75, 3.05) is 18.4 Å². The largest absolute Gasteiger partial charge is 0.416 e. The van der Waals surface area contributed by atoms with E-state index in [0.717, 1.165) is 49.5 Å². The first-order valence-corrected chi connectivity index (χ1v) is 11.6. The predicted octanol–water partition coefficient (Wildman–Crippen LogP) is 5.63. The molecule has 1 fully saturated rings. The van der Waals surface area contributed by atoms with Gasteiger partial charge in [0.15, 0.2) is 0 Å². The lowest BCUT2D eigenvalue weighted by Crippen LogP contribution is -2.27. The van der Waals surface area contributed by atoms with Gasteiger partial charge in [-0.2, -0.15) is 13.2 Å². The molecule has 1 saturated heterocycles. The molecular weight excluding hydrogens is 453 g/mol. The summed E-state index contributed by atoms with van der Waals surface area (Å²) in [7, 11) is 0. The van der Waals surface area contributed by atoms with Gasteiger partial charge in [-0.05, 0) is 49.7 Å². The minimum Gasteiger partial charge on any atom is -0.350 e. The molecule has 3 heterocycles. The Bertz CT molecular complexity index is 1280. The van der Waals surface area contributed by atoms with E-state index in [2.05, 4.69) is 25.6 Å². The van der Waals surface area contributed by atoms with E-state index in [9.17, 15) is 13.2 Å². The van der Waals surface area contributed by atoms with Crippen LogP contribution in [0.1, 0.15) is 35.7 Å². The third kappa shape index (κ3) is 5.35. The van der Waals surface area contributed by atoms with E-state index in [4.69, 9.17) is 4.98 Å². The van der Waals surface area contributed by atoms with Crippen molar-refractivity contribution in [3.8, 4) is 22.6 Å². The minimum atomic E-state index is -4.44. The van der Waals surface area contributed by atoms with Crippen molar-refractivity contribution < 1.29 is 13.2 Å². The first-order valence-electron chi connectivity index (χ1n) is 11.6. The molecule has 4 aromatic rings. The van der Waals surface area contributed by atoms with Crippen molar-refractivity contribution in [2.24, 2.45) is 0 Å². The minimum absolute atomic E-state index is 0.201. The summed E-state index contributed by atoms with van der Waals surface area (Å²) in [6, 6.07) is 16.9. The summed E-state index contributed by atoms with van der Waals surface area (Å²) in [6.45, 7) is 2.30. The summed E-state index contributed by atoms with van der Waals surface area (Å²) in [6.07, 6.45) is -0.990. The van der Waals surface area contributed by atoms with Gasteiger partial charge in [0.1, 0.15) is 5.82 Å². The SMILES string of the molecule is FC(F)(F)c1cccc(-c2nc(C3CCNCC3)[nH]c2-c2ccnc(NCc3ccccc3)n2)c1. The predicted molar refractivity (Wildman–Crippen MR) is 129 cm³/mol. The molecule has 35 heavy (non-hydrogen) atoms. The van der Waals surface area contributed by atoms with Crippen molar-refractivity contribution in [1.82, 2.24) is 25.3 Å². The molecule has 2 aromatic carbocycles. The molecule has 180 valence electrons. The number of hydrogen-bond acceptors (Lipinski definition) is 5. The smallest absolute Gasteiger partial charge is 0.350 e. The fourth-order valence-electron chi connectivity index (χ4n) is 4.28. The normalized spacial score (nSPS) is 14.7. The van der Waals surface area contributed by atoms with Crippen molar-refractivity contribution in [2.45, 2.75) is 31.5 Å². The maximum Gasteiger partial charge on any atom is 0.416 e. The van der Waals surface area contributed by atoms with Gasteiger partial charge in [0.25, 0.3) is 0 Å². The highest BCUT2D eigenvalue weighted by atomic mass is 19.4. The van der Waals surface area contributed by atoms with Crippen LogP contribution >= 0.6 is 0 Å². The monoisotopic (exact) mass is 478 g/mol. The van der Waals surface area contributed by atoms with Gasteiger partial charge in [-0.15, -0.1) is 0 Å². The van der Waals surface area contributed by atoms with Crippen molar-refractivity contribution in [1.29, 1.82) is 0 Å². The molecule has 5 rings (SSSR count). The van der Waals surface area contributed by atoms with E-state index in [-0.39, 0.29) is 5.92 Å². The number of nitrogens with zero attached hydrogens (tertiary/aromatic N) is 3. The van der Waals surface area contributed by atoms with Crippen LogP contribution in [0.3, 0.4) is 0 Å². The van der Waals surface area contributed by atoms with Gasteiger partial charge >= 0.3 is 6.18 Å². The van der Waals surface area contributed by atoms with Crippen LogP contribution in [-0.4, -0.2) is 33.0 Å². The Labute approximate surface area is 201 Å². The van der Waals surface area contributed by atoms with Gasteiger partial charge in [-0.25, -0.2) is 15.0 Å². The summed E-state index contributed by atoms with van der Waals surface area (Å²) in [5.41, 5.74) is 2.38. The van der Waals surface area contributed by atoms with E-state index < -0.39 is 11.7 Å². The van der Waals surface area contributed by atoms with Gasteiger partial charge in [0.05, 0.1) is 22.6 Å². The first kappa shape index (κ1) is 23.0. The number of aromatic nitrogens is 4. The maximum absolute atomic E-state index is 13.4. The van der Waals surface area contributed by atoms with E-state index in [0.29, 0.717) is 35.1 Å². The van der Waals surface area contributed by atoms with Crippen LogP contribution in [0.5, 0.6) is 0 Å². The average molecular weight is 479 g/mol. The van der Waals surface area contributed by atoms with Gasteiger partial charge in [0, 0.05) is 24.2 Å². The lowest BCUT2D eigenvalue weighted by atomic mass is 9.98. The van der Waals surface area contributed by atoms with Crippen LogP contribution in [0.4, 0.5) is 19.1 Å². The molecule has 0 saturated carbocycles. The number of halogens is 3. The Kier molecular flexibility index (Phi) is 6.50. The van der Waals surface area contributed by atoms with Crippen LogP contribution in [0, 0.1) is 0 Å². The molecule has 0 amide bonds. The van der Waals surface area contributed by atoms with E-state index in [1.807, 2.05) is 30.3 Å². The van der Waals surface area contributed by atoms with E-state index in [1.165, 1.54) is 6.07 Å². The Hall–Kier alpha value is -3.72. The Morgan fingerprint density at radius 2 is 1.74 bits per heavy atom. The highest BCUT2D eigenvalue weighted by Crippen LogP contribution is 2.36. The molecule has 3 N–H and O–H groups in total. The second-order valence-electron chi connectivity index (χ2n) is 8.55. The van der Waals surface area contributed by atoms with Crippen molar-refractivity contribution in [3.05, 3.63) is 83.8 Å². The summed E-state index contributed by atoms with van der Waals surface area (Å²) < 4.78 is 40.3. The first-order chi connectivity index (χ1) is 17.0. The number of imidazole rings is 1. The van der Waals surface area contributed by atoms with Gasteiger partial charge in [-0.1, -0.05) is 42.5 Å². The Morgan fingerprint density at radius 1 is 0.943 bits per heavy atom. The number of anilines is 1. The van der Waals surface area contributed by atoms with Crippen LogP contribution in [0.2, 0.25) is 0 Å². The zero-order chi connectivity index (χ0) is 24.3. The summed E-state index contributed by atoms with van der Waals surface area (Å²) >= 11 is 0. The Morgan fingerprint density at radius 3 is 2.51 bits per heavy atom. The van der Waals surface area contributed by atoms with Crippen molar-refractivity contribution in [3.63, 3.8) is 0 Å². The highest BCUT2D eigenvalue weighted by Gasteiger charge is 2.31. The molecule has 0 aliphatic carbocycles. The molecule has 6 nitrogen and oxygen atoms in total. The molecule has 0 bridgehead atoms. The molecule has 0 radical (unpaired) electrons. The molecule has 9 heteroatoms. The summed E-state index contributed by atoms with van der Waals surface area (Å²) in [5.74, 6) is 1.40. The number of hydrogen-bond donors (Lipinski definition) is 3. The molecule has 1 aliphatic heterocycles. The fourth-order valence-corrected chi connectivity index (χ4v) is 4.28. The molecule has 0 unspecified atom stereocenters. The van der Waals surface area contributed by atoms with Gasteiger partial charge < -0.3 is 15.6 Å². The molecule has 2 aromatic heterocycles. The molecular formula is C26H25F3N6. The summed E-state index contributed by atoms with van der Waals surface area (Å²) in [5, 5.41) is 6.55. The summed E-state index contributed by atoms with van der Waals surface area (Å²) in [4.78, 5) is 17.1.